The third kappa shape index (κ3) is 4.03. The fourth-order valence-electron chi connectivity index (χ4n) is 1.66. The van der Waals surface area contributed by atoms with Gasteiger partial charge in [-0.1, -0.05) is 0 Å². The van der Waals surface area contributed by atoms with Gasteiger partial charge in [-0.2, -0.15) is 0 Å². The first kappa shape index (κ1) is 13.4. The lowest BCUT2D eigenvalue weighted by Gasteiger charge is -2.22. The van der Waals surface area contributed by atoms with E-state index in [1.165, 1.54) is 0 Å². The molecule has 0 aliphatic rings. The van der Waals surface area contributed by atoms with Crippen LogP contribution in [0.5, 0.6) is 0 Å². The van der Waals surface area contributed by atoms with Crippen molar-refractivity contribution in [3.8, 4) is 0 Å². The molecule has 0 bridgehead atoms. The van der Waals surface area contributed by atoms with Gasteiger partial charge >= 0.3 is 0 Å². The average Bonchev–Trinajstić information content (AvgIpc) is 2.28. The first-order valence-corrected chi connectivity index (χ1v) is 5.66. The molecule has 1 aromatic heterocycles. The Morgan fingerprint density at radius 3 is 2.65 bits per heavy atom. The Morgan fingerprint density at radius 2 is 2.06 bits per heavy atom. The van der Waals surface area contributed by atoms with Crippen LogP contribution in [0.15, 0.2) is 18.5 Å². The van der Waals surface area contributed by atoms with E-state index in [1.54, 1.807) is 18.5 Å². The summed E-state index contributed by atoms with van der Waals surface area (Å²) in [5, 5.41) is 7.53. The molecule has 17 heavy (non-hydrogen) atoms. The van der Waals surface area contributed by atoms with Crippen LogP contribution in [0, 0.1) is 5.41 Å². The number of pyridine rings is 1. The lowest BCUT2D eigenvalue weighted by atomic mass is 10.2. The molecule has 0 atom stereocenters. The van der Waals surface area contributed by atoms with Crippen LogP contribution in [0.25, 0.3) is 0 Å². The maximum atomic E-state index is 7.53. The summed E-state index contributed by atoms with van der Waals surface area (Å²) in [5.41, 5.74) is 7.21. The van der Waals surface area contributed by atoms with Crippen LogP contribution in [0.4, 0.5) is 5.69 Å². The highest BCUT2D eigenvalue weighted by atomic mass is 15.1. The number of aromatic nitrogens is 1. The highest BCUT2D eigenvalue weighted by Crippen LogP contribution is 2.17. The molecule has 0 spiro atoms. The molecule has 5 nitrogen and oxygen atoms in total. The van der Waals surface area contributed by atoms with Crippen molar-refractivity contribution in [2.45, 2.75) is 6.42 Å². The fraction of sp³-hybridized carbons (Fsp3) is 0.500. The summed E-state index contributed by atoms with van der Waals surface area (Å²) < 4.78 is 0. The third-order valence-corrected chi connectivity index (χ3v) is 2.60. The number of nitrogens with two attached hydrogens (primary N) is 1. The number of nitrogen functional groups attached to an aromatic ring is 1. The van der Waals surface area contributed by atoms with Crippen LogP contribution in [0.1, 0.15) is 12.0 Å². The average molecular weight is 235 g/mol. The van der Waals surface area contributed by atoms with Gasteiger partial charge in [0.1, 0.15) is 5.84 Å². The van der Waals surface area contributed by atoms with Crippen molar-refractivity contribution in [3.63, 3.8) is 0 Å². The summed E-state index contributed by atoms with van der Waals surface area (Å²) in [7, 11) is 6.12. The largest absolute Gasteiger partial charge is 0.384 e. The number of nitrogens with one attached hydrogen (secondary N) is 1. The van der Waals surface area contributed by atoms with Crippen molar-refractivity contribution in [2.75, 3.05) is 39.1 Å². The molecular weight excluding hydrogens is 214 g/mol. The highest BCUT2D eigenvalue weighted by Gasteiger charge is 2.09. The topological polar surface area (TPSA) is 69.2 Å². The van der Waals surface area contributed by atoms with Crippen LogP contribution in [-0.4, -0.2) is 50.0 Å². The Morgan fingerprint density at radius 1 is 1.35 bits per heavy atom. The predicted octanol–water partition coefficient (Wildman–Crippen LogP) is 0.754. The van der Waals surface area contributed by atoms with Crippen LogP contribution < -0.4 is 10.6 Å². The minimum absolute atomic E-state index is 0.0851. The normalized spacial score (nSPS) is 10.6. The van der Waals surface area contributed by atoms with Crippen molar-refractivity contribution in [3.05, 3.63) is 24.0 Å². The van der Waals surface area contributed by atoms with E-state index in [0.29, 0.717) is 0 Å². The number of anilines is 1. The maximum absolute atomic E-state index is 7.53. The number of amidine groups is 1. The van der Waals surface area contributed by atoms with Crippen LogP contribution in [0.2, 0.25) is 0 Å². The molecule has 0 fully saturated rings. The van der Waals surface area contributed by atoms with E-state index in [4.69, 9.17) is 11.1 Å². The standard InChI is InChI=1S/C12H21N5/c1-16(2)7-4-8-17(3)11-9-15-6-5-10(11)12(13)14/h5-6,9H,4,7-8H2,1-3H3,(H3,13,14). The van der Waals surface area contributed by atoms with E-state index in [9.17, 15) is 0 Å². The van der Waals surface area contributed by atoms with Crippen LogP contribution >= 0.6 is 0 Å². The van der Waals surface area contributed by atoms with Crippen molar-refractivity contribution in [2.24, 2.45) is 5.73 Å². The number of hydrogen-bond acceptors (Lipinski definition) is 4. The molecule has 1 heterocycles. The van der Waals surface area contributed by atoms with Gasteiger partial charge < -0.3 is 15.5 Å². The lowest BCUT2D eigenvalue weighted by molar-refractivity contribution is 0.401. The van der Waals surface area contributed by atoms with Gasteiger partial charge in [-0.25, -0.2) is 0 Å². The molecule has 5 heteroatoms. The zero-order valence-corrected chi connectivity index (χ0v) is 10.8. The molecular formula is C12H21N5. The molecule has 0 aliphatic carbocycles. The Labute approximate surface area is 103 Å². The summed E-state index contributed by atoms with van der Waals surface area (Å²) in [6.07, 6.45) is 4.48. The third-order valence-electron chi connectivity index (χ3n) is 2.60. The molecule has 0 aliphatic heterocycles. The van der Waals surface area contributed by atoms with E-state index < -0.39 is 0 Å². The van der Waals surface area contributed by atoms with Gasteiger partial charge in [0.05, 0.1) is 11.9 Å². The van der Waals surface area contributed by atoms with E-state index in [0.717, 1.165) is 30.8 Å². The first-order chi connectivity index (χ1) is 8.02. The molecule has 0 aromatic carbocycles. The quantitative estimate of drug-likeness (QED) is 0.564. The first-order valence-electron chi connectivity index (χ1n) is 5.66. The molecule has 1 rings (SSSR count). The summed E-state index contributed by atoms with van der Waals surface area (Å²) >= 11 is 0. The maximum Gasteiger partial charge on any atom is 0.125 e. The minimum Gasteiger partial charge on any atom is -0.384 e. The molecule has 0 unspecified atom stereocenters. The zero-order valence-electron chi connectivity index (χ0n) is 10.8. The molecule has 94 valence electrons. The van der Waals surface area contributed by atoms with Crippen molar-refractivity contribution in [1.29, 1.82) is 5.41 Å². The second-order valence-corrected chi connectivity index (χ2v) is 4.38. The van der Waals surface area contributed by atoms with Gasteiger partial charge in [0.15, 0.2) is 0 Å². The Kier molecular flexibility index (Phi) is 4.90. The fourth-order valence-corrected chi connectivity index (χ4v) is 1.66. The summed E-state index contributed by atoms with van der Waals surface area (Å²) in [4.78, 5) is 8.33. The highest BCUT2D eigenvalue weighted by molar-refractivity contribution is 6.00. The van der Waals surface area contributed by atoms with Gasteiger partial charge in [-0.05, 0) is 33.1 Å². The van der Waals surface area contributed by atoms with Gasteiger partial charge in [0.2, 0.25) is 0 Å². The van der Waals surface area contributed by atoms with Crippen molar-refractivity contribution < 1.29 is 0 Å². The second-order valence-electron chi connectivity index (χ2n) is 4.38. The Hall–Kier alpha value is -1.62. The SMILES string of the molecule is CN(C)CCCN(C)c1cnccc1C(=N)N. The molecule has 0 radical (unpaired) electrons. The lowest BCUT2D eigenvalue weighted by Crippen LogP contribution is -2.26. The van der Waals surface area contributed by atoms with E-state index in [2.05, 4.69) is 28.9 Å². The van der Waals surface area contributed by atoms with Crippen molar-refractivity contribution >= 4 is 11.5 Å². The summed E-state index contributed by atoms with van der Waals surface area (Å²) in [5.74, 6) is 0.0851. The molecule has 0 saturated heterocycles. The van der Waals surface area contributed by atoms with E-state index in [-0.39, 0.29) is 5.84 Å². The number of rotatable bonds is 6. The Bertz CT molecular complexity index is 375. The molecule has 0 amide bonds. The smallest absolute Gasteiger partial charge is 0.125 e. The number of nitrogens with zero attached hydrogens (tertiary/aromatic N) is 3. The van der Waals surface area contributed by atoms with E-state index >= 15 is 0 Å². The monoisotopic (exact) mass is 235 g/mol. The summed E-state index contributed by atoms with van der Waals surface area (Å²) in [6, 6.07) is 1.78. The van der Waals surface area contributed by atoms with Gasteiger partial charge in [-0.3, -0.25) is 10.4 Å². The van der Waals surface area contributed by atoms with Crippen molar-refractivity contribution in [1.82, 2.24) is 9.88 Å². The second kappa shape index (κ2) is 6.20. The van der Waals surface area contributed by atoms with Gasteiger partial charge in [0, 0.05) is 25.4 Å². The van der Waals surface area contributed by atoms with Gasteiger partial charge in [-0.15, -0.1) is 0 Å². The minimum atomic E-state index is 0.0851. The molecule has 0 saturated carbocycles. The zero-order chi connectivity index (χ0) is 12.8. The van der Waals surface area contributed by atoms with Crippen LogP contribution in [-0.2, 0) is 0 Å². The molecule has 3 N–H and O–H groups in total. The summed E-state index contributed by atoms with van der Waals surface area (Å²) in [6.45, 7) is 1.96. The van der Waals surface area contributed by atoms with Crippen LogP contribution in [0.3, 0.4) is 0 Å². The molecule has 1 aromatic rings. The van der Waals surface area contributed by atoms with Gasteiger partial charge in [0.25, 0.3) is 0 Å². The van der Waals surface area contributed by atoms with E-state index in [1.807, 2.05) is 7.05 Å². The predicted molar refractivity (Wildman–Crippen MR) is 71.7 cm³/mol. The number of hydrogen-bond donors (Lipinski definition) is 2. The Balaban J connectivity index is 2.68.